The molecule has 7 nitrogen and oxygen atoms in total. The third-order valence-corrected chi connectivity index (χ3v) is 6.59. The molecule has 35 heavy (non-hydrogen) atoms. The van der Waals surface area contributed by atoms with Crippen molar-refractivity contribution in [2.75, 3.05) is 19.0 Å². The molecule has 0 unspecified atom stereocenters. The van der Waals surface area contributed by atoms with Crippen LogP contribution in [-0.4, -0.2) is 39.6 Å². The molecule has 1 atom stereocenters. The smallest absolute Gasteiger partial charge is 0.230 e. The number of nitrogens with zero attached hydrogens (tertiary/aromatic N) is 3. The minimum atomic E-state index is -0.349. The van der Waals surface area contributed by atoms with Crippen LogP contribution in [0.2, 0.25) is 0 Å². The topological polar surface area (TPSA) is 78.3 Å². The first-order chi connectivity index (χ1) is 16.8. The Labute approximate surface area is 209 Å². The lowest BCUT2D eigenvalue weighted by atomic mass is 9.95. The van der Waals surface area contributed by atoms with Crippen molar-refractivity contribution in [2.24, 2.45) is 11.8 Å². The maximum Gasteiger partial charge on any atom is 0.230 e. The summed E-state index contributed by atoms with van der Waals surface area (Å²) in [4.78, 5) is 13.0. The molecule has 3 aromatic rings. The Morgan fingerprint density at radius 3 is 2.54 bits per heavy atom. The van der Waals surface area contributed by atoms with Crippen molar-refractivity contribution in [3.8, 4) is 22.9 Å². The van der Waals surface area contributed by atoms with E-state index in [-0.39, 0.29) is 29.4 Å². The van der Waals surface area contributed by atoms with E-state index < -0.39 is 0 Å². The Morgan fingerprint density at radius 1 is 1.09 bits per heavy atom. The summed E-state index contributed by atoms with van der Waals surface area (Å²) < 4.78 is 27.6. The van der Waals surface area contributed by atoms with Gasteiger partial charge in [0.2, 0.25) is 5.91 Å². The molecule has 0 saturated carbocycles. The maximum atomic E-state index is 14.4. The molecule has 0 spiro atoms. The molecule has 2 heterocycles. The number of amides is 1. The summed E-state index contributed by atoms with van der Waals surface area (Å²) in [5.74, 6) is 2.06. The third-order valence-electron chi connectivity index (χ3n) is 5.62. The third kappa shape index (κ3) is 5.96. The number of fused-ring (bicyclic) bond motifs is 1. The minimum absolute atomic E-state index is 0.116. The fraction of sp³-hybridized carbons (Fsp3) is 0.423. The summed E-state index contributed by atoms with van der Waals surface area (Å²) in [5, 5.41) is 12.3. The highest BCUT2D eigenvalue weighted by Crippen LogP contribution is 2.34. The van der Waals surface area contributed by atoms with Crippen LogP contribution in [0.15, 0.2) is 47.6 Å². The van der Waals surface area contributed by atoms with Gasteiger partial charge in [-0.15, -0.1) is 10.2 Å². The molecule has 0 fully saturated rings. The number of benzene rings is 2. The average Bonchev–Trinajstić information content (AvgIpc) is 3.22. The molecule has 1 aliphatic rings. The lowest BCUT2D eigenvalue weighted by molar-refractivity contribution is -0.119. The van der Waals surface area contributed by atoms with Crippen molar-refractivity contribution in [3.05, 3.63) is 53.8 Å². The zero-order valence-corrected chi connectivity index (χ0v) is 21.3. The van der Waals surface area contributed by atoms with E-state index in [1.54, 1.807) is 18.2 Å². The number of nitrogens with one attached hydrogen (secondary N) is 1. The molecule has 0 radical (unpaired) electrons. The van der Waals surface area contributed by atoms with E-state index in [1.807, 2.05) is 22.8 Å². The standard InChI is InChI=1S/C26H31FN4O3S/c1-16(2)14-31-25(19-7-5-6-8-20(19)27)29-30-26(31)35-15-23(32)28-24(17(3)4)18-9-10-21-22(13-18)34-12-11-33-21/h5-10,13,16-17,24H,11-12,14-15H2,1-4H3,(H,28,32)/t24-/m0/s1. The van der Waals surface area contributed by atoms with Gasteiger partial charge in [0.05, 0.1) is 17.4 Å². The van der Waals surface area contributed by atoms with E-state index in [1.165, 1.54) is 17.8 Å². The zero-order chi connectivity index (χ0) is 24.9. The summed E-state index contributed by atoms with van der Waals surface area (Å²) in [7, 11) is 0. The number of carbonyl (C=O) groups excluding carboxylic acids is 1. The van der Waals surface area contributed by atoms with Gasteiger partial charge in [-0.25, -0.2) is 4.39 Å². The highest BCUT2D eigenvalue weighted by atomic mass is 32.2. The van der Waals surface area contributed by atoms with Crippen LogP contribution >= 0.6 is 11.8 Å². The molecule has 1 aromatic heterocycles. The molecule has 1 aliphatic heterocycles. The van der Waals surface area contributed by atoms with Gasteiger partial charge in [0.15, 0.2) is 22.5 Å². The van der Waals surface area contributed by atoms with Crippen molar-refractivity contribution >= 4 is 17.7 Å². The molecular weight excluding hydrogens is 467 g/mol. The Hall–Kier alpha value is -3.07. The second-order valence-corrected chi connectivity index (χ2v) is 10.2. The average molecular weight is 499 g/mol. The van der Waals surface area contributed by atoms with Crippen molar-refractivity contribution < 1.29 is 18.7 Å². The molecule has 9 heteroatoms. The molecule has 0 aliphatic carbocycles. The van der Waals surface area contributed by atoms with Crippen molar-refractivity contribution in [1.82, 2.24) is 20.1 Å². The first-order valence-corrected chi connectivity index (χ1v) is 12.8. The van der Waals surface area contributed by atoms with Gasteiger partial charge >= 0.3 is 0 Å². The number of ether oxygens (including phenoxy) is 2. The fourth-order valence-corrected chi connectivity index (χ4v) is 4.76. The summed E-state index contributed by atoms with van der Waals surface area (Å²) in [5.41, 5.74) is 1.36. The lowest BCUT2D eigenvalue weighted by Gasteiger charge is -2.25. The van der Waals surface area contributed by atoms with Crippen molar-refractivity contribution in [1.29, 1.82) is 0 Å². The van der Waals surface area contributed by atoms with Crippen LogP contribution in [0.5, 0.6) is 11.5 Å². The first kappa shape index (κ1) is 25.0. The molecule has 1 N–H and O–H groups in total. The predicted octanol–water partition coefficient (Wildman–Crippen LogP) is 5.12. The van der Waals surface area contributed by atoms with Gasteiger partial charge in [-0.2, -0.15) is 0 Å². The number of hydrogen-bond acceptors (Lipinski definition) is 6. The maximum absolute atomic E-state index is 14.4. The zero-order valence-electron chi connectivity index (χ0n) is 20.5. The molecule has 1 amide bonds. The van der Waals surface area contributed by atoms with E-state index in [9.17, 15) is 9.18 Å². The van der Waals surface area contributed by atoms with Gasteiger partial charge in [0.25, 0.3) is 0 Å². The molecule has 0 saturated heterocycles. The van der Waals surface area contributed by atoms with Crippen LogP contribution in [0.3, 0.4) is 0 Å². The van der Waals surface area contributed by atoms with Gasteiger partial charge in [0, 0.05) is 6.54 Å². The second-order valence-electron chi connectivity index (χ2n) is 9.27. The Kier molecular flexibility index (Phi) is 7.95. The van der Waals surface area contributed by atoms with Crippen LogP contribution in [-0.2, 0) is 11.3 Å². The monoisotopic (exact) mass is 498 g/mol. The molecule has 2 aromatic carbocycles. The number of halogens is 1. The molecule has 0 bridgehead atoms. The van der Waals surface area contributed by atoms with Crippen LogP contribution in [0.25, 0.3) is 11.4 Å². The highest BCUT2D eigenvalue weighted by Gasteiger charge is 2.23. The number of aromatic nitrogens is 3. The summed E-state index contributed by atoms with van der Waals surface area (Å²) in [6, 6.07) is 12.1. The number of carbonyl (C=O) groups is 1. The highest BCUT2D eigenvalue weighted by molar-refractivity contribution is 7.99. The van der Waals surface area contributed by atoms with E-state index in [0.717, 1.165) is 11.3 Å². The van der Waals surface area contributed by atoms with E-state index in [2.05, 4.69) is 43.2 Å². The Balaban J connectivity index is 1.48. The normalized spacial score (nSPS) is 13.8. The Bertz CT molecular complexity index is 1180. The summed E-state index contributed by atoms with van der Waals surface area (Å²) >= 11 is 1.30. The first-order valence-electron chi connectivity index (χ1n) is 11.8. The molecule has 186 valence electrons. The molecular formula is C26H31FN4O3S. The van der Waals surface area contributed by atoms with Crippen molar-refractivity contribution in [2.45, 2.75) is 45.4 Å². The minimum Gasteiger partial charge on any atom is -0.486 e. The fourth-order valence-electron chi connectivity index (χ4n) is 4.00. The van der Waals surface area contributed by atoms with Crippen LogP contribution < -0.4 is 14.8 Å². The lowest BCUT2D eigenvalue weighted by Crippen LogP contribution is -2.33. The number of rotatable bonds is 9. The van der Waals surface area contributed by atoms with Crippen molar-refractivity contribution in [3.63, 3.8) is 0 Å². The quantitative estimate of drug-likeness (QED) is 0.413. The number of thioether (sulfide) groups is 1. The summed E-state index contributed by atoms with van der Waals surface area (Å²) in [6.45, 7) is 9.95. The molecule has 4 rings (SSSR count). The van der Waals surface area contributed by atoms with Gasteiger partial charge in [-0.05, 0) is 41.7 Å². The second kappa shape index (κ2) is 11.1. The van der Waals surface area contributed by atoms with E-state index >= 15 is 0 Å². The van der Waals surface area contributed by atoms with Crippen LogP contribution in [0, 0.1) is 17.7 Å². The van der Waals surface area contributed by atoms with Gasteiger partial charge in [0.1, 0.15) is 19.0 Å². The van der Waals surface area contributed by atoms with Crippen LogP contribution in [0.1, 0.15) is 39.3 Å². The van der Waals surface area contributed by atoms with Gasteiger partial charge < -0.3 is 19.4 Å². The SMILES string of the molecule is CC(C)Cn1c(SCC(=O)N[C@H](c2ccc3c(c2)OCCO3)C(C)C)nnc1-c1ccccc1F. The summed E-state index contributed by atoms with van der Waals surface area (Å²) in [6.07, 6.45) is 0. The van der Waals surface area contributed by atoms with E-state index in [0.29, 0.717) is 48.0 Å². The van der Waals surface area contributed by atoms with Gasteiger partial charge in [-0.1, -0.05) is 57.7 Å². The van der Waals surface area contributed by atoms with E-state index in [4.69, 9.17) is 9.47 Å². The Morgan fingerprint density at radius 2 is 1.83 bits per heavy atom. The van der Waals surface area contributed by atoms with Crippen LogP contribution in [0.4, 0.5) is 4.39 Å². The number of hydrogen-bond donors (Lipinski definition) is 1. The predicted molar refractivity (Wildman–Crippen MR) is 134 cm³/mol. The largest absolute Gasteiger partial charge is 0.486 e. The van der Waals surface area contributed by atoms with Gasteiger partial charge in [-0.3, -0.25) is 4.79 Å².